The second-order valence-corrected chi connectivity index (χ2v) is 2.83. The van der Waals surface area contributed by atoms with Crippen LogP contribution in [0.15, 0.2) is 0 Å². The Morgan fingerprint density at radius 2 is 2.33 bits per heavy atom. The lowest BCUT2D eigenvalue weighted by molar-refractivity contribution is 0.177. The fourth-order valence-electron chi connectivity index (χ4n) is 1.51. The zero-order chi connectivity index (χ0) is 6.85. The highest BCUT2D eigenvalue weighted by Gasteiger charge is 2.25. The van der Waals surface area contributed by atoms with Crippen molar-refractivity contribution >= 4 is 0 Å². The van der Waals surface area contributed by atoms with E-state index in [4.69, 9.17) is 5.11 Å². The first-order valence-electron chi connectivity index (χ1n) is 3.66. The number of likely N-dealkylation sites (tertiary alicyclic amines) is 1. The molecule has 9 heavy (non-hydrogen) atoms. The molecule has 0 aromatic rings. The largest absolute Gasteiger partial charge is 0.392 e. The average molecular weight is 129 g/mol. The van der Waals surface area contributed by atoms with Gasteiger partial charge in [0, 0.05) is 12.6 Å². The standard InChI is InChI=1S/C7H15NO/c1-3-8-5-7(9)4-6(8)2/h6-7,9H,3-5H2,1-2H3/t6-,7-/m0/s1. The van der Waals surface area contributed by atoms with E-state index in [1.54, 1.807) is 0 Å². The van der Waals surface area contributed by atoms with Gasteiger partial charge in [-0.1, -0.05) is 6.92 Å². The number of nitrogens with zero attached hydrogens (tertiary/aromatic N) is 1. The molecular formula is C7H15NO. The predicted octanol–water partition coefficient (Wildman–Crippen LogP) is 0.461. The second kappa shape index (κ2) is 2.67. The topological polar surface area (TPSA) is 23.5 Å². The van der Waals surface area contributed by atoms with Crippen LogP contribution in [0.1, 0.15) is 20.3 Å². The SMILES string of the molecule is CCN1C[C@@H](O)C[C@@H]1C. The second-order valence-electron chi connectivity index (χ2n) is 2.83. The molecule has 0 amide bonds. The van der Waals surface area contributed by atoms with Gasteiger partial charge >= 0.3 is 0 Å². The zero-order valence-corrected chi connectivity index (χ0v) is 6.17. The van der Waals surface area contributed by atoms with Gasteiger partial charge in [-0.2, -0.15) is 0 Å². The molecule has 0 spiro atoms. The molecule has 1 heterocycles. The number of hydrogen-bond donors (Lipinski definition) is 1. The molecule has 0 aromatic heterocycles. The zero-order valence-electron chi connectivity index (χ0n) is 6.17. The van der Waals surface area contributed by atoms with Crippen molar-refractivity contribution in [1.29, 1.82) is 0 Å². The lowest BCUT2D eigenvalue weighted by Gasteiger charge is -2.16. The Balaban J connectivity index is 2.38. The molecule has 1 N–H and O–H groups in total. The highest BCUT2D eigenvalue weighted by molar-refractivity contribution is 4.80. The van der Waals surface area contributed by atoms with Gasteiger partial charge in [-0.25, -0.2) is 0 Å². The highest BCUT2D eigenvalue weighted by Crippen LogP contribution is 2.15. The summed E-state index contributed by atoms with van der Waals surface area (Å²) >= 11 is 0. The van der Waals surface area contributed by atoms with E-state index in [9.17, 15) is 0 Å². The third-order valence-corrected chi connectivity index (χ3v) is 2.09. The molecule has 1 rings (SSSR count). The molecule has 0 aromatic carbocycles. The van der Waals surface area contributed by atoms with E-state index in [1.807, 2.05) is 0 Å². The first-order chi connectivity index (χ1) is 4.24. The van der Waals surface area contributed by atoms with Crippen molar-refractivity contribution in [2.75, 3.05) is 13.1 Å². The van der Waals surface area contributed by atoms with Crippen LogP contribution in [0.3, 0.4) is 0 Å². The first-order valence-corrected chi connectivity index (χ1v) is 3.66. The van der Waals surface area contributed by atoms with Crippen LogP contribution in [0.4, 0.5) is 0 Å². The van der Waals surface area contributed by atoms with E-state index >= 15 is 0 Å². The summed E-state index contributed by atoms with van der Waals surface area (Å²) in [6.07, 6.45) is 0.883. The van der Waals surface area contributed by atoms with Gasteiger partial charge in [-0.05, 0) is 19.9 Å². The molecule has 0 saturated carbocycles. The summed E-state index contributed by atoms with van der Waals surface area (Å²) in [5, 5.41) is 9.16. The molecule has 2 heteroatoms. The fraction of sp³-hybridized carbons (Fsp3) is 1.00. The Labute approximate surface area is 56.5 Å². The fourth-order valence-corrected chi connectivity index (χ4v) is 1.51. The number of likely N-dealkylation sites (N-methyl/N-ethyl adjacent to an activating group) is 1. The van der Waals surface area contributed by atoms with Gasteiger partial charge in [0.05, 0.1) is 6.10 Å². The summed E-state index contributed by atoms with van der Waals surface area (Å²) in [5.41, 5.74) is 0. The van der Waals surface area contributed by atoms with Crippen LogP contribution in [-0.2, 0) is 0 Å². The number of β-amino-alcohol motifs (C(OH)–C–C–N with tert-alkyl or cyclic N) is 1. The van der Waals surface area contributed by atoms with E-state index in [0.717, 1.165) is 19.5 Å². The van der Waals surface area contributed by atoms with Crippen molar-refractivity contribution in [2.45, 2.75) is 32.4 Å². The van der Waals surface area contributed by atoms with Crippen LogP contribution < -0.4 is 0 Å². The van der Waals surface area contributed by atoms with Crippen molar-refractivity contribution in [3.8, 4) is 0 Å². The third kappa shape index (κ3) is 1.43. The number of aliphatic hydroxyl groups is 1. The maximum atomic E-state index is 9.16. The molecular weight excluding hydrogens is 114 g/mol. The highest BCUT2D eigenvalue weighted by atomic mass is 16.3. The molecule has 1 saturated heterocycles. The third-order valence-electron chi connectivity index (χ3n) is 2.09. The van der Waals surface area contributed by atoms with Crippen LogP contribution in [0.25, 0.3) is 0 Å². The van der Waals surface area contributed by atoms with Crippen molar-refractivity contribution in [3.63, 3.8) is 0 Å². The normalized spacial score (nSPS) is 37.7. The summed E-state index contributed by atoms with van der Waals surface area (Å²) in [7, 11) is 0. The average Bonchev–Trinajstić information content (AvgIpc) is 2.10. The van der Waals surface area contributed by atoms with Crippen LogP contribution in [-0.4, -0.2) is 35.2 Å². The molecule has 0 bridgehead atoms. The molecule has 1 fully saturated rings. The number of aliphatic hydroxyl groups excluding tert-OH is 1. The molecule has 2 nitrogen and oxygen atoms in total. The Bertz CT molecular complexity index is 94.9. The van der Waals surface area contributed by atoms with Gasteiger partial charge in [-0.15, -0.1) is 0 Å². The van der Waals surface area contributed by atoms with E-state index in [0.29, 0.717) is 6.04 Å². The van der Waals surface area contributed by atoms with Crippen LogP contribution >= 0.6 is 0 Å². The van der Waals surface area contributed by atoms with Gasteiger partial charge in [-0.3, -0.25) is 4.90 Å². The Morgan fingerprint density at radius 3 is 2.56 bits per heavy atom. The summed E-state index contributed by atoms with van der Waals surface area (Å²) < 4.78 is 0. The molecule has 1 aliphatic heterocycles. The number of rotatable bonds is 1. The molecule has 2 atom stereocenters. The van der Waals surface area contributed by atoms with Gasteiger partial charge in [0.15, 0.2) is 0 Å². The Kier molecular flexibility index (Phi) is 2.09. The van der Waals surface area contributed by atoms with Gasteiger partial charge in [0.2, 0.25) is 0 Å². The van der Waals surface area contributed by atoms with E-state index in [-0.39, 0.29) is 6.10 Å². The van der Waals surface area contributed by atoms with E-state index < -0.39 is 0 Å². The Morgan fingerprint density at radius 1 is 1.67 bits per heavy atom. The van der Waals surface area contributed by atoms with Crippen LogP contribution in [0.5, 0.6) is 0 Å². The number of hydrogen-bond acceptors (Lipinski definition) is 2. The van der Waals surface area contributed by atoms with E-state index in [2.05, 4.69) is 18.7 Å². The smallest absolute Gasteiger partial charge is 0.0682 e. The van der Waals surface area contributed by atoms with Crippen LogP contribution in [0, 0.1) is 0 Å². The Hall–Kier alpha value is -0.0800. The van der Waals surface area contributed by atoms with Crippen LogP contribution in [0.2, 0.25) is 0 Å². The van der Waals surface area contributed by atoms with Crippen molar-refractivity contribution in [3.05, 3.63) is 0 Å². The van der Waals surface area contributed by atoms with E-state index in [1.165, 1.54) is 0 Å². The summed E-state index contributed by atoms with van der Waals surface area (Å²) in [6.45, 7) is 6.24. The van der Waals surface area contributed by atoms with Crippen molar-refractivity contribution in [1.82, 2.24) is 4.90 Å². The van der Waals surface area contributed by atoms with Gasteiger partial charge < -0.3 is 5.11 Å². The lowest BCUT2D eigenvalue weighted by Crippen LogP contribution is -2.26. The monoisotopic (exact) mass is 129 g/mol. The molecule has 1 aliphatic rings. The molecule has 0 radical (unpaired) electrons. The summed E-state index contributed by atoms with van der Waals surface area (Å²) in [4.78, 5) is 2.30. The van der Waals surface area contributed by atoms with Crippen molar-refractivity contribution in [2.24, 2.45) is 0 Å². The summed E-state index contributed by atoms with van der Waals surface area (Å²) in [5.74, 6) is 0. The molecule has 0 aliphatic carbocycles. The minimum absolute atomic E-state index is 0.0695. The molecule has 54 valence electrons. The van der Waals surface area contributed by atoms with Gasteiger partial charge in [0.25, 0.3) is 0 Å². The first kappa shape index (κ1) is 7.03. The van der Waals surface area contributed by atoms with Gasteiger partial charge in [0.1, 0.15) is 0 Å². The minimum Gasteiger partial charge on any atom is -0.392 e. The minimum atomic E-state index is -0.0695. The lowest BCUT2D eigenvalue weighted by atomic mass is 10.2. The molecule has 0 unspecified atom stereocenters. The predicted molar refractivity (Wildman–Crippen MR) is 37.3 cm³/mol. The maximum absolute atomic E-state index is 9.16. The van der Waals surface area contributed by atoms with Crippen molar-refractivity contribution < 1.29 is 5.11 Å². The quantitative estimate of drug-likeness (QED) is 0.556. The summed E-state index contributed by atoms with van der Waals surface area (Å²) in [6, 6.07) is 0.588. The maximum Gasteiger partial charge on any atom is 0.0682 e.